The van der Waals surface area contributed by atoms with E-state index >= 15 is 0 Å². The molecule has 0 N–H and O–H groups in total. The number of aromatic nitrogens is 2. The van der Waals surface area contributed by atoms with Crippen molar-refractivity contribution in [3.05, 3.63) is 82.6 Å². The molecule has 0 radical (unpaired) electrons. The summed E-state index contributed by atoms with van der Waals surface area (Å²) in [6, 6.07) is 14.0. The van der Waals surface area contributed by atoms with Crippen molar-refractivity contribution in [2.24, 2.45) is 0 Å². The summed E-state index contributed by atoms with van der Waals surface area (Å²) in [5.74, 6) is -0.751. The van der Waals surface area contributed by atoms with Gasteiger partial charge in [0.05, 0.1) is 12.1 Å². The van der Waals surface area contributed by atoms with Crippen LogP contribution in [0.3, 0.4) is 0 Å². The highest BCUT2D eigenvalue weighted by Crippen LogP contribution is 2.40. The van der Waals surface area contributed by atoms with Gasteiger partial charge in [0.25, 0.3) is 5.89 Å². The zero-order valence-corrected chi connectivity index (χ0v) is 22.9. The third-order valence-corrected chi connectivity index (χ3v) is 6.05. The number of nitrogens with zero attached hydrogens (tertiary/aromatic N) is 3. The van der Waals surface area contributed by atoms with Gasteiger partial charge in [0.1, 0.15) is 11.4 Å². The number of benzene rings is 3. The molecule has 210 valence electrons. The molecule has 0 unspecified atom stereocenters. The predicted octanol–water partition coefficient (Wildman–Crippen LogP) is 7.66. The van der Waals surface area contributed by atoms with Crippen LogP contribution in [0.15, 0.2) is 65.2 Å². The fourth-order valence-electron chi connectivity index (χ4n) is 4.05. The third-order valence-electron chi connectivity index (χ3n) is 5.74. The molecule has 1 heterocycles. The van der Waals surface area contributed by atoms with Gasteiger partial charge in [-0.15, -0.1) is 0 Å². The summed E-state index contributed by atoms with van der Waals surface area (Å²) in [6.07, 6.45) is -4.54. The lowest BCUT2D eigenvalue weighted by atomic mass is 9.98. The van der Waals surface area contributed by atoms with E-state index < -0.39 is 29.1 Å². The van der Waals surface area contributed by atoms with E-state index in [4.69, 9.17) is 20.9 Å². The molecule has 0 fully saturated rings. The Morgan fingerprint density at radius 1 is 1.00 bits per heavy atom. The Morgan fingerprint density at radius 2 is 1.70 bits per heavy atom. The number of carbonyl (C=O) groups excluding carboxylic acids is 1. The fraction of sp³-hybridized carbons (Fsp3) is 0.276. The second-order valence-corrected chi connectivity index (χ2v) is 10.6. The largest absolute Gasteiger partial charge is 0.459 e. The molecule has 0 aliphatic carbocycles. The van der Waals surface area contributed by atoms with Gasteiger partial charge in [0, 0.05) is 33.8 Å². The Bertz CT molecular complexity index is 1530. The predicted molar refractivity (Wildman–Crippen MR) is 143 cm³/mol. The van der Waals surface area contributed by atoms with Gasteiger partial charge in [-0.25, -0.2) is 4.39 Å². The lowest BCUT2D eigenvalue weighted by Crippen LogP contribution is -2.32. The standard InChI is InChI=1S/C29H26ClF4N3O3/c1-28(2,3)39-25(38)16-37(4)15-19-10-9-17(14-24(19)31)26-35-27(40-36-26)18-11-12-21(23(30)13-18)20-7-5-6-8-22(20)29(32,33)34/h5-14H,15-16H2,1-4H3. The van der Waals surface area contributed by atoms with Crippen LogP contribution in [0, 0.1) is 5.82 Å². The van der Waals surface area contributed by atoms with Crippen LogP contribution < -0.4 is 0 Å². The molecule has 4 aromatic rings. The van der Waals surface area contributed by atoms with Gasteiger partial charge >= 0.3 is 12.1 Å². The Morgan fingerprint density at radius 3 is 2.35 bits per heavy atom. The number of esters is 1. The monoisotopic (exact) mass is 575 g/mol. The second kappa shape index (κ2) is 11.4. The summed E-state index contributed by atoms with van der Waals surface area (Å²) in [5.41, 5.74) is -0.158. The van der Waals surface area contributed by atoms with Crippen LogP contribution in [-0.4, -0.2) is 40.2 Å². The molecule has 3 aromatic carbocycles. The van der Waals surface area contributed by atoms with Gasteiger partial charge in [-0.05, 0) is 57.6 Å². The zero-order valence-electron chi connectivity index (χ0n) is 22.1. The van der Waals surface area contributed by atoms with Gasteiger partial charge in [0.2, 0.25) is 5.82 Å². The van der Waals surface area contributed by atoms with E-state index in [-0.39, 0.29) is 41.0 Å². The van der Waals surface area contributed by atoms with Crippen LogP contribution in [0.1, 0.15) is 31.9 Å². The minimum atomic E-state index is -4.54. The molecule has 4 rings (SSSR count). The Hall–Kier alpha value is -3.76. The number of hydrogen-bond donors (Lipinski definition) is 0. The third kappa shape index (κ3) is 7.05. The first-order valence-corrected chi connectivity index (χ1v) is 12.6. The molecule has 1 aromatic heterocycles. The summed E-state index contributed by atoms with van der Waals surface area (Å²) >= 11 is 6.36. The maximum Gasteiger partial charge on any atom is 0.417 e. The molecular weight excluding hydrogens is 550 g/mol. The number of hydrogen-bond acceptors (Lipinski definition) is 6. The molecule has 0 aliphatic rings. The molecule has 0 aliphatic heterocycles. The average Bonchev–Trinajstić information content (AvgIpc) is 3.34. The first-order chi connectivity index (χ1) is 18.7. The van der Waals surface area contributed by atoms with Crippen LogP contribution in [-0.2, 0) is 22.3 Å². The van der Waals surface area contributed by atoms with Crippen LogP contribution in [0.5, 0.6) is 0 Å². The van der Waals surface area contributed by atoms with Gasteiger partial charge in [-0.3, -0.25) is 9.69 Å². The average molecular weight is 576 g/mol. The quantitative estimate of drug-likeness (QED) is 0.166. The Kier molecular flexibility index (Phi) is 8.32. The molecular formula is C29H26ClF4N3O3. The van der Waals surface area contributed by atoms with E-state index in [9.17, 15) is 22.4 Å². The van der Waals surface area contributed by atoms with Gasteiger partial charge < -0.3 is 9.26 Å². The van der Waals surface area contributed by atoms with Crippen LogP contribution in [0.2, 0.25) is 5.02 Å². The van der Waals surface area contributed by atoms with Crippen molar-refractivity contribution in [2.45, 2.75) is 39.1 Å². The summed E-state index contributed by atoms with van der Waals surface area (Å²) < 4.78 is 65.9. The van der Waals surface area contributed by atoms with Gasteiger partial charge in [0.15, 0.2) is 0 Å². The lowest BCUT2D eigenvalue weighted by Gasteiger charge is -2.22. The van der Waals surface area contributed by atoms with E-state index in [2.05, 4.69) is 10.1 Å². The SMILES string of the molecule is CN(CC(=O)OC(C)(C)C)Cc1ccc(-c2noc(-c3ccc(-c4ccccc4C(F)(F)F)c(Cl)c3)n2)cc1F. The summed E-state index contributed by atoms with van der Waals surface area (Å²) in [6.45, 7) is 5.48. The molecule has 40 heavy (non-hydrogen) atoms. The van der Waals surface area contributed by atoms with E-state index in [0.29, 0.717) is 16.7 Å². The van der Waals surface area contributed by atoms with Crippen LogP contribution in [0.25, 0.3) is 34.0 Å². The van der Waals surface area contributed by atoms with Crippen molar-refractivity contribution in [2.75, 3.05) is 13.6 Å². The van der Waals surface area contributed by atoms with E-state index in [1.807, 2.05) is 0 Å². The Labute approximate surface area is 233 Å². The van der Waals surface area contributed by atoms with Crippen molar-refractivity contribution in [3.63, 3.8) is 0 Å². The van der Waals surface area contributed by atoms with Crippen molar-refractivity contribution < 1.29 is 31.6 Å². The molecule has 11 heteroatoms. The smallest absolute Gasteiger partial charge is 0.417 e. The highest BCUT2D eigenvalue weighted by Gasteiger charge is 2.33. The Balaban J connectivity index is 1.50. The van der Waals surface area contributed by atoms with Crippen LogP contribution in [0.4, 0.5) is 17.6 Å². The molecule has 0 amide bonds. The summed E-state index contributed by atoms with van der Waals surface area (Å²) in [4.78, 5) is 18.0. The number of alkyl halides is 3. The molecule has 6 nitrogen and oxygen atoms in total. The molecule has 0 saturated heterocycles. The van der Waals surface area contributed by atoms with Crippen LogP contribution >= 0.6 is 11.6 Å². The minimum absolute atomic E-state index is 0.00416. The molecule has 0 atom stereocenters. The van der Waals surface area contributed by atoms with E-state index in [0.717, 1.165) is 6.07 Å². The van der Waals surface area contributed by atoms with Gasteiger partial charge in [-0.1, -0.05) is 53.2 Å². The number of ether oxygens (including phenoxy) is 1. The highest BCUT2D eigenvalue weighted by atomic mass is 35.5. The maximum absolute atomic E-state index is 14.9. The van der Waals surface area contributed by atoms with Crippen molar-refractivity contribution in [1.29, 1.82) is 0 Å². The highest BCUT2D eigenvalue weighted by molar-refractivity contribution is 6.33. The second-order valence-electron chi connectivity index (χ2n) is 10.2. The minimum Gasteiger partial charge on any atom is -0.459 e. The summed E-state index contributed by atoms with van der Waals surface area (Å²) in [7, 11) is 1.68. The summed E-state index contributed by atoms with van der Waals surface area (Å²) in [5, 5.41) is 3.98. The molecule has 0 saturated carbocycles. The van der Waals surface area contributed by atoms with Gasteiger partial charge in [-0.2, -0.15) is 18.2 Å². The van der Waals surface area contributed by atoms with Crippen molar-refractivity contribution in [3.8, 4) is 34.0 Å². The number of carbonyl (C=O) groups is 1. The zero-order chi connectivity index (χ0) is 29.2. The van der Waals surface area contributed by atoms with E-state index in [1.54, 1.807) is 44.9 Å². The first kappa shape index (κ1) is 29.2. The fourth-order valence-corrected chi connectivity index (χ4v) is 4.33. The van der Waals surface area contributed by atoms with Crippen molar-refractivity contribution in [1.82, 2.24) is 15.0 Å². The molecule has 0 bridgehead atoms. The normalized spacial score (nSPS) is 12.2. The van der Waals surface area contributed by atoms with E-state index in [1.165, 1.54) is 42.5 Å². The number of likely N-dealkylation sites (N-methyl/N-ethyl adjacent to an activating group) is 1. The topological polar surface area (TPSA) is 68.5 Å². The van der Waals surface area contributed by atoms with Crippen molar-refractivity contribution >= 4 is 17.6 Å². The first-order valence-electron chi connectivity index (χ1n) is 12.2. The number of rotatable bonds is 7. The number of halogens is 5. The molecule has 0 spiro atoms. The maximum atomic E-state index is 14.9. The lowest BCUT2D eigenvalue weighted by molar-refractivity contribution is -0.155.